The van der Waals surface area contributed by atoms with Crippen molar-refractivity contribution in [2.45, 2.75) is 20.0 Å². The largest absolute Gasteiger partial charge is 0.489 e. The predicted octanol–water partition coefficient (Wildman–Crippen LogP) is 4.31. The lowest BCUT2D eigenvalue weighted by Crippen LogP contribution is -1.95. The van der Waals surface area contributed by atoms with Crippen molar-refractivity contribution in [3.8, 4) is 5.75 Å². The Hall–Kier alpha value is -2.22. The molecule has 0 amide bonds. The molecule has 0 spiro atoms. The van der Waals surface area contributed by atoms with Gasteiger partial charge >= 0.3 is 0 Å². The van der Waals surface area contributed by atoms with Crippen molar-refractivity contribution >= 4 is 10.9 Å². The molecule has 0 aliphatic rings. The monoisotopic (exact) mass is 251 g/mol. The molecule has 3 aromatic rings. The van der Waals surface area contributed by atoms with Crippen LogP contribution in [0.25, 0.3) is 10.9 Å². The number of nitrogens with one attached hydrogen (secondary N) is 1. The van der Waals surface area contributed by atoms with Crippen LogP contribution < -0.4 is 4.74 Å². The van der Waals surface area contributed by atoms with E-state index in [9.17, 15) is 0 Å². The molecule has 1 N–H and O–H groups in total. The van der Waals surface area contributed by atoms with Gasteiger partial charge in [0.15, 0.2) is 0 Å². The molecule has 3 rings (SSSR count). The van der Waals surface area contributed by atoms with Crippen LogP contribution in [0.4, 0.5) is 0 Å². The van der Waals surface area contributed by atoms with E-state index in [0.717, 1.165) is 17.7 Å². The number of hydrogen-bond acceptors (Lipinski definition) is 1. The molecule has 96 valence electrons. The summed E-state index contributed by atoms with van der Waals surface area (Å²) >= 11 is 0. The molecule has 0 radical (unpaired) electrons. The van der Waals surface area contributed by atoms with Gasteiger partial charge in [-0.15, -0.1) is 0 Å². The third-order valence-corrected chi connectivity index (χ3v) is 3.36. The van der Waals surface area contributed by atoms with Crippen molar-refractivity contribution in [1.82, 2.24) is 4.98 Å². The van der Waals surface area contributed by atoms with Gasteiger partial charge < -0.3 is 9.72 Å². The van der Waals surface area contributed by atoms with Crippen LogP contribution in [0, 0.1) is 0 Å². The summed E-state index contributed by atoms with van der Waals surface area (Å²) in [4.78, 5) is 3.18. The van der Waals surface area contributed by atoms with E-state index >= 15 is 0 Å². The lowest BCUT2D eigenvalue weighted by Gasteiger charge is -2.07. The third kappa shape index (κ3) is 2.63. The molecule has 2 nitrogen and oxygen atoms in total. The Morgan fingerprint density at radius 2 is 1.74 bits per heavy atom. The molecule has 0 unspecified atom stereocenters. The molecule has 0 bridgehead atoms. The normalized spacial score (nSPS) is 10.8. The van der Waals surface area contributed by atoms with Gasteiger partial charge in [-0.2, -0.15) is 0 Å². The molecule has 0 atom stereocenters. The van der Waals surface area contributed by atoms with Crippen molar-refractivity contribution in [2.75, 3.05) is 0 Å². The zero-order valence-electron chi connectivity index (χ0n) is 11.0. The highest BCUT2D eigenvalue weighted by molar-refractivity contribution is 5.80. The summed E-state index contributed by atoms with van der Waals surface area (Å²) < 4.78 is 5.83. The predicted molar refractivity (Wildman–Crippen MR) is 78.5 cm³/mol. The second kappa shape index (κ2) is 5.19. The highest BCUT2D eigenvalue weighted by atomic mass is 16.5. The molecule has 0 fully saturated rings. The summed E-state index contributed by atoms with van der Waals surface area (Å²) in [6, 6.07) is 16.7. The fourth-order valence-electron chi connectivity index (χ4n) is 2.16. The first-order valence-electron chi connectivity index (χ1n) is 6.63. The lowest BCUT2D eigenvalue weighted by atomic mass is 10.1. The maximum atomic E-state index is 5.83. The van der Waals surface area contributed by atoms with Crippen LogP contribution in [-0.2, 0) is 13.0 Å². The van der Waals surface area contributed by atoms with Gasteiger partial charge in [-0.3, -0.25) is 0 Å². The van der Waals surface area contributed by atoms with Gasteiger partial charge in [0.25, 0.3) is 0 Å². The van der Waals surface area contributed by atoms with E-state index in [1.54, 1.807) is 0 Å². The van der Waals surface area contributed by atoms with Gasteiger partial charge in [0.05, 0.1) is 0 Å². The zero-order chi connectivity index (χ0) is 13.1. The molecule has 0 saturated carbocycles. The van der Waals surface area contributed by atoms with E-state index in [1.807, 2.05) is 18.3 Å². The van der Waals surface area contributed by atoms with Gasteiger partial charge in [-0.25, -0.2) is 0 Å². The van der Waals surface area contributed by atoms with Crippen LogP contribution in [0.15, 0.2) is 54.7 Å². The van der Waals surface area contributed by atoms with Crippen molar-refractivity contribution in [1.29, 1.82) is 0 Å². The summed E-state index contributed by atoms with van der Waals surface area (Å²) in [5.41, 5.74) is 3.70. The van der Waals surface area contributed by atoms with Gasteiger partial charge in [0, 0.05) is 17.1 Å². The van der Waals surface area contributed by atoms with Gasteiger partial charge in [0.1, 0.15) is 12.4 Å². The Balaban J connectivity index is 1.70. The molecule has 2 aromatic carbocycles. The van der Waals surface area contributed by atoms with E-state index in [1.165, 1.54) is 16.5 Å². The van der Waals surface area contributed by atoms with E-state index < -0.39 is 0 Å². The molecule has 19 heavy (non-hydrogen) atoms. The molecule has 0 saturated heterocycles. The maximum absolute atomic E-state index is 5.83. The fraction of sp³-hybridized carbons (Fsp3) is 0.176. The summed E-state index contributed by atoms with van der Waals surface area (Å²) in [7, 11) is 0. The Labute approximate surface area is 113 Å². The second-order valence-corrected chi connectivity index (χ2v) is 4.69. The van der Waals surface area contributed by atoms with Crippen molar-refractivity contribution in [3.63, 3.8) is 0 Å². The zero-order valence-corrected chi connectivity index (χ0v) is 11.0. The van der Waals surface area contributed by atoms with Crippen molar-refractivity contribution < 1.29 is 4.74 Å². The summed E-state index contributed by atoms with van der Waals surface area (Å²) in [6.07, 6.45) is 3.02. The molecular weight excluding hydrogens is 234 g/mol. The third-order valence-electron chi connectivity index (χ3n) is 3.36. The number of aryl methyl sites for hydroxylation is 1. The maximum Gasteiger partial charge on any atom is 0.120 e. The SMILES string of the molecule is CCc1ccc(COc2ccc3[nH]ccc3c2)cc1. The second-order valence-electron chi connectivity index (χ2n) is 4.69. The average Bonchev–Trinajstić information content (AvgIpc) is 2.93. The first-order chi connectivity index (χ1) is 9.35. The number of aromatic nitrogens is 1. The summed E-state index contributed by atoms with van der Waals surface area (Å²) in [5, 5.41) is 1.18. The minimum atomic E-state index is 0.611. The number of benzene rings is 2. The molecule has 0 aliphatic heterocycles. The highest BCUT2D eigenvalue weighted by Crippen LogP contribution is 2.20. The Bertz CT molecular complexity index is 667. The standard InChI is InChI=1S/C17H17NO/c1-2-13-3-5-14(6-4-13)12-19-16-7-8-17-15(11-16)9-10-18-17/h3-11,18H,2,12H2,1H3. The van der Waals surface area contributed by atoms with Gasteiger partial charge in [-0.1, -0.05) is 31.2 Å². The number of hydrogen-bond donors (Lipinski definition) is 1. The minimum absolute atomic E-state index is 0.611. The number of aromatic amines is 1. The Morgan fingerprint density at radius 1 is 0.947 bits per heavy atom. The highest BCUT2D eigenvalue weighted by Gasteiger charge is 1.99. The molecule has 2 heteroatoms. The van der Waals surface area contributed by atoms with E-state index in [0.29, 0.717) is 6.61 Å². The van der Waals surface area contributed by atoms with Crippen molar-refractivity contribution in [2.24, 2.45) is 0 Å². The van der Waals surface area contributed by atoms with E-state index in [-0.39, 0.29) is 0 Å². The molecule has 0 aliphatic carbocycles. The Kier molecular flexibility index (Phi) is 3.23. The lowest BCUT2D eigenvalue weighted by molar-refractivity contribution is 0.306. The van der Waals surface area contributed by atoms with E-state index in [4.69, 9.17) is 4.74 Å². The van der Waals surface area contributed by atoms with Crippen LogP contribution in [0.5, 0.6) is 5.75 Å². The van der Waals surface area contributed by atoms with Gasteiger partial charge in [0.2, 0.25) is 0 Å². The first kappa shape index (κ1) is 11.8. The molecular formula is C17H17NO. The minimum Gasteiger partial charge on any atom is -0.489 e. The van der Waals surface area contributed by atoms with E-state index in [2.05, 4.69) is 48.3 Å². The van der Waals surface area contributed by atoms with Crippen LogP contribution in [0.3, 0.4) is 0 Å². The Morgan fingerprint density at radius 3 is 2.53 bits per heavy atom. The number of fused-ring (bicyclic) bond motifs is 1. The molecule has 1 heterocycles. The van der Waals surface area contributed by atoms with Crippen LogP contribution in [0.1, 0.15) is 18.1 Å². The topological polar surface area (TPSA) is 25.0 Å². The number of rotatable bonds is 4. The van der Waals surface area contributed by atoms with Gasteiger partial charge in [-0.05, 0) is 41.8 Å². The number of H-pyrrole nitrogens is 1. The summed E-state index contributed by atoms with van der Waals surface area (Å²) in [6.45, 7) is 2.78. The fourth-order valence-corrected chi connectivity index (χ4v) is 2.16. The summed E-state index contributed by atoms with van der Waals surface area (Å²) in [5.74, 6) is 0.909. The number of ether oxygens (including phenoxy) is 1. The smallest absolute Gasteiger partial charge is 0.120 e. The van der Waals surface area contributed by atoms with Crippen LogP contribution in [-0.4, -0.2) is 4.98 Å². The average molecular weight is 251 g/mol. The van der Waals surface area contributed by atoms with Crippen molar-refractivity contribution in [3.05, 3.63) is 65.9 Å². The van der Waals surface area contributed by atoms with Crippen LogP contribution >= 0.6 is 0 Å². The van der Waals surface area contributed by atoms with Crippen LogP contribution in [0.2, 0.25) is 0 Å². The quantitative estimate of drug-likeness (QED) is 0.734. The molecule has 1 aromatic heterocycles. The first-order valence-corrected chi connectivity index (χ1v) is 6.63.